The number of alkyl halides is 3. The molecule has 88 valence electrons. The van der Waals surface area contributed by atoms with Gasteiger partial charge in [0.15, 0.2) is 11.5 Å². The lowest BCUT2D eigenvalue weighted by Gasteiger charge is -2.07. The van der Waals surface area contributed by atoms with Crippen LogP contribution < -0.4 is 5.32 Å². The Hall–Kier alpha value is -1.66. The highest BCUT2D eigenvalue weighted by Crippen LogP contribution is 2.27. The van der Waals surface area contributed by atoms with Crippen LogP contribution in [0.5, 0.6) is 0 Å². The predicted octanol–water partition coefficient (Wildman–Crippen LogP) is 2.09. The van der Waals surface area contributed by atoms with Crippen molar-refractivity contribution in [3.05, 3.63) is 17.8 Å². The highest BCUT2D eigenvalue weighted by Gasteiger charge is 2.32. The SMILES string of the molecule is CC(C)C(=O)Nc1ccc(C(F)(F)F)nn1. The molecule has 0 aromatic carbocycles. The molecule has 0 bridgehead atoms. The van der Waals surface area contributed by atoms with Gasteiger partial charge in [-0.05, 0) is 12.1 Å². The molecular formula is C9H10F3N3O. The zero-order chi connectivity index (χ0) is 12.3. The Balaban J connectivity index is 2.76. The summed E-state index contributed by atoms with van der Waals surface area (Å²) in [6.45, 7) is 3.32. The summed E-state index contributed by atoms with van der Waals surface area (Å²) in [6, 6.07) is 1.83. The van der Waals surface area contributed by atoms with Crippen LogP contribution in [0.2, 0.25) is 0 Å². The Bertz CT molecular complexity index is 373. The lowest BCUT2D eigenvalue weighted by Crippen LogP contribution is -2.19. The van der Waals surface area contributed by atoms with Gasteiger partial charge >= 0.3 is 6.18 Å². The van der Waals surface area contributed by atoms with E-state index < -0.39 is 11.9 Å². The van der Waals surface area contributed by atoms with Gasteiger partial charge in [0.25, 0.3) is 0 Å². The molecule has 7 heteroatoms. The molecule has 16 heavy (non-hydrogen) atoms. The molecule has 1 heterocycles. The molecule has 0 saturated carbocycles. The van der Waals surface area contributed by atoms with E-state index in [4.69, 9.17) is 0 Å². The number of rotatable bonds is 2. The minimum absolute atomic E-state index is 0.00620. The van der Waals surface area contributed by atoms with Crippen molar-refractivity contribution >= 4 is 11.7 Å². The maximum Gasteiger partial charge on any atom is 0.435 e. The number of aromatic nitrogens is 2. The average Bonchev–Trinajstić information content (AvgIpc) is 2.17. The lowest BCUT2D eigenvalue weighted by atomic mass is 10.2. The van der Waals surface area contributed by atoms with E-state index in [1.54, 1.807) is 13.8 Å². The van der Waals surface area contributed by atoms with Crippen LogP contribution in [0.3, 0.4) is 0 Å². The second kappa shape index (κ2) is 4.46. The average molecular weight is 233 g/mol. The van der Waals surface area contributed by atoms with E-state index >= 15 is 0 Å². The van der Waals surface area contributed by atoms with Gasteiger partial charge in [0.05, 0.1) is 0 Å². The summed E-state index contributed by atoms with van der Waals surface area (Å²) in [5.74, 6) is -0.593. The molecule has 1 N–H and O–H groups in total. The van der Waals surface area contributed by atoms with Crippen LogP contribution in [-0.2, 0) is 11.0 Å². The first-order valence-corrected chi connectivity index (χ1v) is 4.52. The molecular weight excluding hydrogens is 223 g/mol. The minimum atomic E-state index is -4.52. The largest absolute Gasteiger partial charge is 0.435 e. The van der Waals surface area contributed by atoms with Crippen molar-refractivity contribution in [1.82, 2.24) is 10.2 Å². The maximum absolute atomic E-state index is 12.1. The van der Waals surface area contributed by atoms with Crippen molar-refractivity contribution in [3.63, 3.8) is 0 Å². The third-order valence-electron chi connectivity index (χ3n) is 1.73. The topological polar surface area (TPSA) is 54.9 Å². The van der Waals surface area contributed by atoms with Gasteiger partial charge in [-0.15, -0.1) is 10.2 Å². The van der Waals surface area contributed by atoms with E-state index in [0.717, 1.165) is 12.1 Å². The summed E-state index contributed by atoms with van der Waals surface area (Å²) in [4.78, 5) is 11.2. The second-order valence-corrected chi connectivity index (χ2v) is 3.45. The van der Waals surface area contributed by atoms with E-state index in [0.29, 0.717) is 0 Å². The molecule has 0 saturated heterocycles. The fourth-order valence-corrected chi connectivity index (χ4v) is 0.821. The second-order valence-electron chi connectivity index (χ2n) is 3.45. The zero-order valence-electron chi connectivity index (χ0n) is 8.67. The molecule has 0 spiro atoms. The number of halogens is 3. The summed E-state index contributed by atoms with van der Waals surface area (Å²) < 4.78 is 36.4. The van der Waals surface area contributed by atoms with E-state index in [2.05, 4.69) is 15.5 Å². The normalized spacial score (nSPS) is 11.6. The minimum Gasteiger partial charge on any atom is -0.309 e. The van der Waals surface area contributed by atoms with Crippen molar-refractivity contribution < 1.29 is 18.0 Å². The summed E-state index contributed by atoms with van der Waals surface area (Å²) >= 11 is 0. The van der Waals surface area contributed by atoms with E-state index in [-0.39, 0.29) is 17.6 Å². The first kappa shape index (κ1) is 12.4. The fourth-order valence-electron chi connectivity index (χ4n) is 0.821. The van der Waals surface area contributed by atoms with Gasteiger partial charge in [0.2, 0.25) is 5.91 Å². The van der Waals surface area contributed by atoms with Crippen molar-refractivity contribution in [2.45, 2.75) is 20.0 Å². The van der Waals surface area contributed by atoms with Crippen LogP contribution in [0.4, 0.5) is 19.0 Å². The molecule has 0 aliphatic carbocycles. The van der Waals surface area contributed by atoms with E-state index in [9.17, 15) is 18.0 Å². The first-order valence-electron chi connectivity index (χ1n) is 4.52. The van der Waals surface area contributed by atoms with Crippen LogP contribution in [-0.4, -0.2) is 16.1 Å². The van der Waals surface area contributed by atoms with Crippen molar-refractivity contribution in [3.8, 4) is 0 Å². The summed E-state index contributed by atoms with van der Waals surface area (Å²) in [5, 5.41) is 8.58. The number of carbonyl (C=O) groups excluding carboxylic acids is 1. The summed E-state index contributed by atoms with van der Waals surface area (Å²) in [5.41, 5.74) is -1.09. The van der Waals surface area contributed by atoms with Crippen LogP contribution in [0.25, 0.3) is 0 Å². The first-order chi connectivity index (χ1) is 7.30. The lowest BCUT2D eigenvalue weighted by molar-refractivity contribution is -0.141. The zero-order valence-corrected chi connectivity index (χ0v) is 8.67. The maximum atomic E-state index is 12.1. The van der Waals surface area contributed by atoms with Gasteiger partial charge in [0, 0.05) is 5.92 Å². The van der Waals surface area contributed by atoms with Crippen LogP contribution in [0, 0.1) is 5.92 Å². The number of amides is 1. The van der Waals surface area contributed by atoms with Gasteiger partial charge in [0.1, 0.15) is 0 Å². The number of anilines is 1. The van der Waals surface area contributed by atoms with Crippen molar-refractivity contribution in [2.24, 2.45) is 5.92 Å². The van der Waals surface area contributed by atoms with Crippen LogP contribution in [0.15, 0.2) is 12.1 Å². The number of nitrogens with one attached hydrogen (secondary N) is 1. The Kier molecular flexibility index (Phi) is 3.46. The third kappa shape index (κ3) is 3.18. The molecule has 1 amide bonds. The van der Waals surface area contributed by atoms with Gasteiger partial charge < -0.3 is 5.32 Å². The van der Waals surface area contributed by atoms with Crippen LogP contribution >= 0.6 is 0 Å². The quantitative estimate of drug-likeness (QED) is 0.850. The van der Waals surface area contributed by atoms with Crippen molar-refractivity contribution in [2.75, 3.05) is 5.32 Å². The number of carbonyl (C=O) groups is 1. The Labute approximate surface area is 89.9 Å². The molecule has 4 nitrogen and oxygen atoms in total. The number of hydrogen-bond acceptors (Lipinski definition) is 3. The monoisotopic (exact) mass is 233 g/mol. The number of hydrogen-bond donors (Lipinski definition) is 1. The Morgan fingerprint density at radius 1 is 1.31 bits per heavy atom. The molecule has 0 atom stereocenters. The molecule has 0 fully saturated rings. The van der Waals surface area contributed by atoms with Gasteiger partial charge in [-0.25, -0.2) is 0 Å². The molecule has 1 aromatic rings. The van der Waals surface area contributed by atoms with Crippen molar-refractivity contribution in [1.29, 1.82) is 0 Å². The summed E-state index contributed by atoms with van der Waals surface area (Å²) in [7, 11) is 0. The molecule has 0 aliphatic heterocycles. The highest BCUT2D eigenvalue weighted by molar-refractivity contribution is 5.90. The molecule has 1 aromatic heterocycles. The van der Waals surface area contributed by atoms with Gasteiger partial charge in [-0.2, -0.15) is 13.2 Å². The smallest absolute Gasteiger partial charge is 0.309 e. The third-order valence-corrected chi connectivity index (χ3v) is 1.73. The van der Waals surface area contributed by atoms with Crippen LogP contribution in [0.1, 0.15) is 19.5 Å². The Morgan fingerprint density at radius 2 is 1.94 bits per heavy atom. The number of nitrogens with zero attached hydrogens (tertiary/aromatic N) is 2. The Morgan fingerprint density at radius 3 is 2.31 bits per heavy atom. The van der Waals surface area contributed by atoms with E-state index in [1.807, 2.05) is 0 Å². The molecule has 0 radical (unpaired) electrons. The van der Waals surface area contributed by atoms with Gasteiger partial charge in [-0.1, -0.05) is 13.8 Å². The fraction of sp³-hybridized carbons (Fsp3) is 0.444. The predicted molar refractivity (Wildman–Crippen MR) is 50.5 cm³/mol. The molecule has 0 aliphatic rings. The van der Waals surface area contributed by atoms with Gasteiger partial charge in [-0.3, -0.25) is 4.79 Å². The molecule has 1 rings (SSSR count). The standard InChI is InChI=1S/C9H10F3N3O/c1-5(2)8(16)13-7-4-3-6(14-15-7)9(10,11)12/h3-5H,1-2H3,(H,13,15,16). The highest BCUT2D eigenvalue weighted by atomic mass is 19.4. The van der Waals surface area contributed by atoms with E-state index in [1.165, 1.54) is 0 Å². The summed E-state index contributed by atoms with van der Waals surface area (Å²) in [6.07, 6.45) is -4.52. The molecule has 0 unspecified atom stereocenters.